The van der Waals surface area contributed by atoms with Crippen molar-refractivity contribution in [3.8, 4) is 6.07 Å². The minimum absolute atomic E-state index is 0.0131. The standard InChI is InChI=1S/C8H12N2O2/c9-5-6-2-1-3-7(4-6)10-8(11)12/h6-7,10H,1-4H2,(H,11,12). The first-order chi connectivity index (χ1) is 5.72. The fourth-order valence-electron chi connectivity index (χ4n) is 1.61. The maximum Gasteiger partial charge on any atom is 0.404 e. The lowest BCUT2D eigenvalue weighted by molar-refractivity contribution is 0.184. The van der Waals surface area contributed by atoms with Gasteiger partial charge in [-0.1, -0.05) is 6.42 Å². The fraction of sp³-hybridized carbons (Fsp3) is 0.750. The average Bonchev–Trinajstić information content (AvgIpc) is 2.03. The molecule has 12 heavy (non-hydrogen) atoms. The summed E-state index contributed by atoms with van der Waals surface area (Å²) in [4.78, 5) is 10.3. The molecule has 1 fully saturated rings. The van der Waals surface area contributed by atoms with E-state index in [1.807, 2.05) is 0 Å². The van der Waals surface area contributed by atoms with Gasteiger partial charge < -0.3 is 10.4 Å². The number of carboxylic acid groups (broad SMARTS) is 1. The topological polar surface area (TPSA) is 73.1 Å². The molecule has 0 radical (unpaired) electrons. The third-order valence-electron chi connectivity index (χ3n) is 2.18. The maximum absolute atomic E-state index is 10.3. The van der Waals surface area contributed by atoms with Gasteiger partial charge in [0.25, 0.3) is 0 Å². The second-order valence-electron chi connectivity index (χ2n) is 3.14. The number of nitrogens with zero attached hydrogens (tertiary/aromatic N) is 1. The highest BCUT2D eigenvalue weighted by Crippen LogP contribution is 2.23. The van der Waals surface area contributed by atoms with Gasteiger partial charge in [0.05, 0.1) is 6.07 Å². The highest BCUT2D eigenvalue weighted by Gasteiger charge is 2.22. The Morgan fingerprint density at radius 2 is 2.33 bits per heavy atom. The van der Waals surface area contributed by atoms with Gasteiger partial charge in [-0.05, 0) is 19.3 Å². The summed E-state index contributed by atoms with van der Waals surface area (Å²) < 4.78 is 0. The number of carbonyl (C=O) groups is 1. The zero-order chi connectivity index (χ0) is 8.97. The molecule has 2 unspecified atom stereocenters. The molecular formula is C8H12N2O2. The Labute approximate surface area is 71.2 Å². The second-order valence-corrected chi connectivity index (χ2v) is 3.14. The van der Waals surface area contributed by atoms with Gasteiger partial charge in [0.1, 0.15) is 0 Å². The summed E-state index contributed by atoms with van der Waals surface area (Å²) in [5.74, 6) is 0.0376. The molecular weight excluding hydrogens is 156 g/mol. The van der Waals surface area contributed by atoms with Crippen LogP contribution in [0.3, 0.4) is 0 Å². The highest BCUT2D eigenvalue weighted by atomic mass is 16.4. The average molecular weight is 168 g/mol. The normalized spacial score (nSPS) is 28.9. The molecule has 0 aliphatic heterocycles. The summed E-state index contributed by atoms with van der Waals surface area (Å²) in [6.45, 7) is 0. The Hall–Kier alpha value is -1.24. The van der Waals surface area contributed by atoms with Crippen LogP contribution in [0, 0.1) is 17.2 Å². The highest BCUT2D eigenvalue weighted by molar-refractivity contribution is 5.64. The minimum Gasteiger partial charge on any atom is -0.465 e. The van der Waals surface area contributed by atoms with Gasteiger partial charge in [0, 0.05) is 12.0 Å². The van der Waals surface area contributed by atoms with E-state index >= 15 is 0 Å². The van der Waals surface area contributed by atoms with Crippen LogP contribution < -0.4 is 5.32 Å². The van der Waals surface area contributed by atoms with Gasteiger partial charge in [-0.3, -0.25) is 0 Å². The molecule has 0 heterocycles. The summed E-state index contributed by atoms with van der Waals surface area (Å²) >= 11 is 0. The van der Waals surface area contributed by atoms with Crippen LogP contribution in [-0.4, -0.2) is 17.2 Å². The molecule has 66 valence electrons. The minimum atomic E-state index is -0.987. The Balaban J connectivity index is 2.36. The zero-order valence-corrected chi connectivity index (χ0v) is 6.79. The van der Waals surface area contributed by atoms with Crippen LogP contribution in [0.1, 0.15) is 25.7 Å². The molecule has 4 heteroatoms. The number of amides is 1. The van der Waals surface area contributed by atoms with E-state index in [0.717, 1.165) is 19.3 Å². The Bertz CT molecular complexity index is 210. The van der Waals surface area contributed by atoms with Crippen molar-refractivity contribution in [2.24, 2.45) is 5.92 Å². The number of hydrogen-bond donors (Lipinski definition) is 2. The summed E-state index contributed by atoms with van der Waals surface area (Å²) in [6.07, 6.45) is 2.41. The van der Waals surface area contributed by atoms with E-state index in [0.29, 0.717) is 6.42 Å². The largest absolute Gasteiger partial charge is 0.465 e. The van der Waals surface area contributed by atoms with E-state index in [4.69, 9.17) is 10.4 Å². The van der Waals surface area contributed by atoms with Gasteiger partial charge in [0.2, 0.25) is 0 Å². The van der Waals surface area contributed by atoms with Crippen LogP contribution in [-0.2, 0) is 0 Å². The molecule has 1 aliphatic carbocycles. The summed E-state index contributed by atoms with van der Waals surface area (Å²) in [5.41, 5.74) is 0. The SMILES string of the molecule is N#CC1CCCC(NC(=O)O)C1. The predicted molar refractivity (Wildman–Crippen MR) is 42.5 cm³/mol. The lowest BCUT2D eigenvalue weighted by atomic mass is 9.87. The Morgan fingerprint density at radius 1 is 1.58 bits per heavy atom. The van der Waals surface area contributed by atoms with E-state index in [9.17, 15) is 4.79 Å². The first kappa shape index (κ1) is 8.85. The number of rotatable bonds is 1. The van der Waals surface area contributed by atoms with E-state index in [2.05, 4.69) is 11.4 Å². The van der Waals surface area contributed by atoms with Crippen LogP contribution in [0.5, 0.6) is 0 Å². The number of hydrogen-bond acceptors (Lipinski definition) is 2. The van der Waals surface area contributed by atoms with Crippen molar-refractivity contribution in [1.82, 2.24) is 5.32 Å². The molecule has 1 amide bonds. The van der Waals surface area contributed by atoms with E-state index in [-0.39, 0.29) is 12.0 Å². The quantitative estimate of drug-likeness (QED) is 0.620. The van der Waals surface area contributed by atoms with Gasteiger partial charge in [-0.25, -0.2) is 4.79 Å². The van der Waals surface area contributed by atoms with Crippen LogP contribution in [0.2, 0.25) is 0 Å². The lowest BCUT2D eigenvalue weighted by Gasteiger charge is -2.24. The monoisotopic (exact) mass is 168 g/mol. The van der Waals surface area contributed by atoms with Crippen LogP contribution in [0.15, 0.2) is 0 Å². The van der Waals surface area contributed by atoms with Crippen molar-refractivity contribution in [1.29, 1.82) is 5.26 Å². The Kier molecular flexibility index (Phi) is 2.92. The first-order valence-electron chi connectivity index (χ1n) is 4.11. The molecule has 0 saturated heterocycles. The maximum atomic E-state index is 10.3. The molecule has 1 saturated carbocycles. The van der Waals surface area contributed by atoms with Crippen molar-refractivity contribution >= 4 is 6.09 Å². The molecule has 0 aromatic heterocycles. The van der Waals surface area contributed by atoms with Crippen molar-refractivity contribution in [2.75, 3.05) is 0 Å². The summed E-state index contributed by atoms with van der Waals surface area (Å²) in [6, 6.07) is 2.16. The molecule has 0 spiro atoms. The van der Waals surface area contributed by atoms with E-state index in [1.54, 1.807) is 0 Å². The number of nitriles is 1. The predicted octanol–water partition coefficient (Wildman–Crippen LogP) is 1.34. The first-order valence-corrected chi connectivity index (χ1v) is 4.11. The van der Waals surface area contributed by atoms with E-state index in [1.165, 1.54) is 0 Å². The van der Waals surface area contributed by atoms with Gasteiger partial charge in [-0.2, -0.15) is 5.26 Å². The molecule has 1 rings (SSSR count). The van der Waals surface area contributed by atoms with Gasteiger partial charge in [0.15, 0.2) is 0 Å². The summed E-state index contributed by atoms with van der Waals surface area (Å²) in [7, 11) is 0. The molecule has 0 bridgehead atoms. The van der Waals surface area contributed by atoms with Gasteiger partial charge >= 0.3 is 6.09 Å². The lowest BCUT2D eigenvalue weighted by Crippen LogP contribution is -2.37. The van der Waals surface area contributed by atoms with Crippen LogP contribution in [0.4, 0.5) is 4.79 Å². The molecule has 1 aliphatic rings. The molecule has 2 atom stereocenters. The molecule has 2 N–H and O–H groups in total. The zero-order valence-electron chi connectivity index (χ0n) is 6.79. The van der Waals surface area contributed by atoms with Crippen molar-refractivity contribution in [2.45, 2.75) is 31.7 Å². The van der Waals surface area contributed by atoms with Crippen LogP contribution >= 0.6 is 0 Å². The summed E-state index contributed by atoms with van der Waals surface area (Å²) in [5, 5.41) is 19.5. The second kappa shape index (κ2) is 3.96. The van der Waals surface area contributed by atoms with Crippen molar-refractivity contribution < 1.29 is 9.90 Å². The van der Waals surface area contributed by atoms with E-state index < -0.39 is 6.09 Å². The van der Waals surface area contributed by atoms with Gasteiger partial charge in [-0.15, -0.1) is 0 Å². The smallest absolute Gasteiger partial charge is 0.404 e. The third kappa shape index (κ3) is 2.42. The van der Waals surface area contributed by atoms with Crippen molar-refractivity contribution in [3.05, 3.63) is 0 Å². The third-order valence-corrected chi connectivity index (χ3v) is 2.18. The van der Waals surface area contributed by atoms with Crippen LogP contribution in [0.25, 0.3) is 0 Å². The number of nitrogens with one attached hydrogen (secondary N) is 1. The fourth-order valence-corrected chi connectivity index (χ4v) is 1.61. The molecule has 4 nitrogen and oxygen atoms in total. The molecule has 0 aromatic rings. The Morgan fingerprint density at radius 3 is 2.92 bits per heavy atom. The molecule has 0 aromatic carbocycles. The van der Waals surface area contributed by atoms with Crippen molar-refractivity contribution in [3.63, 3.8) is 0 Å².